The first-order chi connectivity index (χ1) is 11.5. The van der Waals surface area contributed by atoms with Crippen molar-refractivity contribution >= 4 is 27.9 Å². The summed E-state index contributed by atoms with van der Waals surface area (Å²) in [5.41, 5.74) is 3.56. The number of aryl methyl sites for hydroxylation is 1. The Kier molecular flexibility index (Phi) is 4.46. The van der Waals surface area contributed by atoms with Crippen molar-refractivity contribution < 1.29 is 9.53 Å². The van der Waals surface area contributed by atoms with E-state index in [2.05, 4.69) is 10.3 Å². The zero-order chi connectivity index (χ0) is 17.3. The van der Waals surface area contributed by atoms with Gasteiger partial charge in [-0.25, -0.2) is 4.98 Å². The van der Waals surface area contributed by atoms with Crippen molar-refractivity contribution in [1.29, 1.82) is 0 Å². The van der Waals surface area contributed by atoms with Gasteiger partial charge in [0.25, 0.3) is 5.56 Å². The van der Waals surface area contributed by atoms with Gasteiger partial charge in [0, 0.05) is 35.0 Å². The second-order valence-electron chi connectivity index (χ2n) is 5.43. The van der Waals surface area contributed by atoms with Crippen molar-refractivity contribution in [3.63, 3.8) is 0 Å². The van der Waals surface area contributed by atoms with E-state index in [1.54, 1.807) is 17.4 Å². The van der Waals surface area contributed by atoms with Crippen LogP contribution in [0.5, 0.6) is 0 Å². The zero-order valence-corrected chi connectivity index (χ0v) is 14.4. The van der Waals surface area contributed by atoms with E-state index in [1.165, 1.54) is 18.4 Å². The molecule has 124 valence electrons. The maximum absolute atomic E-state index is 12.6. The third-order valence-electron chi connectivity index (χ3n) is 3.76. The summed E-state index contributed by atoms with van der Waals surface area (Å²) < 4.78 is 6.43. The fourth-order valence-corrected chi connectivity index (χ4v) is 3.36. The standard InChI is InChI=1S/C17H17N3O3S/c1-10-11(2)18-17-20(16(10)22)14(9-24-17)12-5-4-6-13(7-12)19-15(21)8-23-3/h4-7,9H,8H2,1-3H3,(H,19,21). The van der Waals surface area contributed by atoms with Gasteiger partial charge in [-0.15, -0.1) is 11.3 Å². The largest absolute Gasteiger partial charge is 0.375 e. The highest BCUT2D eigenvalue weighted by atomic mass is 32.1. The lowest BCUT2D eigenvalue weighted by Crippen LogP contribution is -2.19. The molecule has 6 nitrogen and oxygen atoms in total. The summed E-state index contributed by atoms with van der Waals surface area (Å²) in [6, 6.07) is 7.36. The van der Waals surface area contributed by atoms with Gasteiger partial charge in [-0.1, -0.05) is 12.1 Å². The van der Waals surface area contributed by atoms with Crippen LogP contribution >= 0.6 is 11.3 Å². The number of rotatable bonds is 4. The molecule has 1 N–H and O–H groups in total. The number of hydrogen-bond acceptors (Lipinski definition) is 5. The molecule has 0 radical (unpaired) electrons. The molecule has 3 aromatic rings. The molecule has 0 unspecified atom stereocenters. The van der Waals surface area contributed by atoms with Gasteiger partial charge in [-0.2, -0.15) is 0 Å². The maximum Gasteiger partial charge on any atom is 0.262 e. The molecule has 0 aliphatic rings. The Morgan fingerprint density at radius 2 is 2.17 bits per heavy atom. The first kappa shape index (κ1) is 16.4. The summed E-state index contributed by atoms with van der Waals surface area (Å²) in [5.74, 6) is -0.227. The lowest BCUT2D eigenvalue weighted by Gasteiger charge is -2.08. The number of carbonyl (C=O) groups is 1. The van der Waals surface area contributed by atoms with Gasteiger partial charge in [0.05, 0.1) is 5.69 Å². The predicted octanol–water partition coefficient (Wildman–Crippen LogP) is 2.62. The molecule has 0 bridgehead atoms. The summed E-state index contributed by atoms with van der Waals surface area (Å²) in [6.07, 6.45) is 0. The molecule has 2 heterocycles. The molecule has 0 fully saturated rings. The molecule has 3 rings (SSSR count). The Morgan fingerprint density at radius 3 is 2.92 bits per heavy atom. The molecule has 1 aromatic carbocycles. The normalized spacial score (nSPS) is 11.0. The first-order valence-electron chi connectivity index (χ1n) is 7.38. The highest BCUT2D eigenvalue weighted by molar-refractivity contribution is 7.15. The second kappa shape index (κ2) is 6.54. The van der Waals surface area contributed by atoms with E-state index in [1.807, 2.05) is 30.5 Å². The van der Waals surface area contributed by atoms with E-state index in [0.29, 0.717) is 16.2 Å². The molecule has 0 saturated carbocycles. The summed E-state index contributed by atoms with van der Waals surface area (Å²) >= 11 is 1.42. The van der Waals surface area contributed by atoms with Crippen molar-refractivity contribution in [2.24, 2.45) is 0 Å². The van der Waals surface area contributed by atoms with E-state index in [9.17, 15) is 9.59 Å². The van der Waals surface area contributed by atoms with Gasteiger partial charge < -0.3 is 10.1 Å². The highest BCUT2D eigenvalue weighted by Crippen LogP contribution is 2.26. The zero-order valence-electron chi connectivity index (χ0n) is 13.6. The minimum Gasteiger partial charge on any atom is -0.375 e. The number of amides is 1. The number of carbonyl (C=O) groups excluding carboxylic acids is 1. The van der Waals surface area contributed by atoms with E-state index in [4.69, 9.17) is 4.74 Å². The Morgan fingerprint density at radius 1 is 1.38 bits per heavy atom. The maximum atomic E-state index is 12.6. The van der Waals surface area contributed by atoms with Crippen LogP contribution in [0.3, 0.4) is 0 Å². The van der Waals surface area contributed by atoms with Crippen LogP contribution in [0, 0.1) is 13.8 Å². The van der Waals surface area contributed by atoms with Crippen LogP contribution < -0.4 is 10.9 Å². The van der Waals surface area contributed by atoms with E-state index in [-0.39, 0.29) is 18.1 Å². The molecule has 0 saturated heterocycles. The molecule has 7 heteroatoms. The monoisotopic (exact) mass is 343 g/mol. The van der Waals surface area contributed by atoms with Crippen molar-refractivity contribution in [2.45, 2.75) is 13.8 Å². The quantitative estimate of drug-likeness (QED) is 0.790. The molecule has 0 aliphatic carbocycles. The molecule has 1 amide bonds. The molecule has 2 aromatic heterocycles. The fraction of sp³-hybridized carbons (Fsp3) is 0.235. The van der Waals surface area contributed by atoms with Crippen molar-refractivity contribution in [3.05, 3.63) is 51.3 Å². The SMILES string of the molecule is COCC(=O)Nc1cccc(-c2csc3nc(C)c(C)c(=O)n23)c1. The Labute approximate surface area is 142 Å². The molecular formula is C17H17N3O3S. The van der Waals surface area contributed by atoms with Crippen molar-refractivity contribution in [3.8, 4) is 11.3 Å². The van der Waals surface area contributed by atoms with Crippen LogP contribution in [0.25, 0.3) is 16.2 Å². The van der Waals surface area contributed by atoms with Crippen molar-refractivity contribution in [1.82, 2.24) is 9.38 Å². The summed E-state index contributed by atoms with van der Waals surface area (Å²) in [5, 5.41) is 4.67. The van der Waals surface area contributed by atoms with Gasteiger partial charge >= 0.3 is 0 Å². The summed E-state index contributed by atoms with van der Waals surface area (Å²) in [4.78, 5) is 29.4. The van der Waals surface area contributed by atoms with Gasteiger partial charge in [0.15, 0.2) is 4.96 Å². The minimum absolute atomic E-state index is 0.00649. The van der Waals surface area contributed by atoms with Gasteiger partial charge in [0.2, 0.25) is 5.91 Å². The smallest absolute Gasteiger partial charge is 0.262 e. The Balaban J connectivity index is 2.07. The van der Waals surface area contributed by atoms with Gasteiger partial charge in [0.1, 0.15) is 6.61 Å². The summed E-state index contributed by atoms with van der Waals surface area (Å²) in [7, 11) is 1.47. The van der Waals surface area contributed by atoms with E-state index < -0.39 is 0 Å². The third kappa shape index (κ3) is 2.95. The average Bonchev–Trinajstić information content (AvgIpc) is 2.97. The van der Waals surface area contributed by atoms with Crippen LogP contribution in [0.15, 0.2) is 34.4 Å². The number of nitrogens with one attached hydrogen (secondary N) is 1. The Bertz CT molecular complexity index is 975. The lowest BCUT2D eigenvalue weighted by molar-refractivity contribution is -0.119. The fourth-order valence-electron chi connectivity index (χ4n) is 2.42. The average molecular weight is 343 g/mol. The van der Waals surface area contributed by atoms with Crippen molar-refractivity contribution in [2.75, 3.05) is 19.0 Å². The van der Waals surface area contributed by atoms with Gasteiger partial charge in [-0.05, 0) is 26.0 Å². The first-order valence-corrected chi connectivity index (χ1v) is 8.26. The number of nitrogens with zero attached hydrogens (tertiary/aromatic N) is 2. The van der Waals surface area contributed by atoms with Crippen LogP contribution in [0.4, 0.5) is 5.69 Å². The number of fused-ring (bicyclic) bond motifs is 1. The predicted molar refractivity (Wildman–Crippen MR) is 94.8 cm³/mol. The minimum atomic E-state index is -0.227. The van der Waals surface area contributed by atoms with E-state index in [0.717, 1.165) is 17.0 Å². The van der Waals surface area contributed by atoms with Crippen LogP contribution in [0.2, 0.25) is 0 Å². The second-order valence-corrected chi connectivity index (χ2v) is 6.26. The number of benzene rings is 1. The number of aromatic nitrogens is 2. The Hall–Kier alpha value is -2.51. The molecule has 0 atom stereocenters. The van der Waals surface area contributed by atoms with Gasteiger partial charge in [-0.3, -0.25) is 14.0 Å². The highest BCUT2D eigenvalue weighted by Gasteiger charge is 2.13. The number of anilines is 1. The molecule has 24 heavy (non-hydrogen) atoms. The summed E-state index contributed by atoms with van der Waals surface area (Å²) in [6.45, 7) is 3.61. The van der Waals surface area contributed by atoms with E-state index >= 15 is 0 Å². The topological polar surface area (TPSA) is 72.7 Å². The van der Waals surface area contributed by atoms with Crippen LogP contribution in [0.1, 0.15) is 11.3 Å². The molecule has 0 aliphatic heterocycles. The van der Waals surface area contributed by atoms with Crippen LogP contribution in [-0.2, 0) is 9.53 Å². The third-order valence-corrected chi connectivity index (χ3v) is 4.58. The number of hydrogen-bond donors (Lipinski definition) is 1. The van der Waals surface area contributed by atoms with Crippen LogP contribution in [-0.4, -0.2) is 29.0 Å². The number of ether oxygens (including phenoxy) is 1. The number of methoxy groups -OCH3 is 1. The lowest BCUT2D eigenvalue weighted by atomic mass is 10.1. The number of thiazole rings is 1. The molecule has 0 spiro atoms. The molecular weight excluding hydrogens is 326 g/mol.